The topological polar surface area (TPSA) is 17.2 Å². The Balaban J connectivity index is 1.93. The monoisotopic (exact) mass is 286 g/mol. The van der Waals surface area contributed by atoms with Gasteiger partial charge in [0.25, 0.3) is 0 Å². The molecule has 2 aromatic carbocycles. The number of hydrogen-bond acceptors (Lipinski definition) is 1. The zero-order chi connectivity index (χ0) is 15.1. The molecule has 1 aliphatic rings. The van der Waals surface area contributed by atoms with Crippen molar-refractivity contribution in [1.82, 2.24) is 4.98 Å². The minimum atomic E-state index is -0.454. The zero-order valence-electron chi connectivity index (χ0n) is 11.7. The first-order valence-corrected chi connectivity index (χ1v) is 7.01. The molecule has 4 rings (SSSR count). The Hall–Kier alpha value is -2.99. The van der Waals surface area contributed by atoms with Gasteiger partial charge in [-0.05, 0) is 52.9 Å². The van der Waals surface area contributed by atoms with Crippen LogP contribution in [0.3, 0.4) is 0 Å². The van der Waals surface area contributed by atoms with Gasteiger partial charge in [-0.3, -0.25) is 4.98 Å². The molecule has 0 N–H and O–H groups in total. The van der Waals surface area contributed by atoms with E-state index in [0.29, 0.717) is 6.42 Å². The fourth-order valence-corrected chi connectivity index (χ4v) is 3.07. The molecule has 0 spiro atoms. The summed E-state index contributed by atoms with van der Waals surface area (Å²) in [5.74, 6) is -0.454. The maximum Gasteiger partial charge on any atom is 0.222 e. The molecular formula is C19H11FN2. The van der Waals surface area contributed by atoms with Gasteiger partial charge < -0.3 is 0 Å². The van der Waals surface area contributed by atoms with E-state index in [4.69, 9.17) is 6.57 Å². The highest BCUT2D eigenvalue weighted by Crippen LogP contribution is 2.43. The molecule has 0 atom stereocenters. The van der Waals surface area contributed by atoms with Crippen molar-refractivity contribution in [3.63, 3.8) is 0 Å². The van der Waals surface area contributed by atoms with Gasteiger partial charge in [0.05, 0.1) is 12.3 Å². The van der Waals surface area contributed by atoms with E-state index in [-0.39, 0.29) is 5.69 Å². The molecule has 0 saturated heterocycles. The van der Waals surface area contributed by atoms with Crippen LogP contribution < -0.4 is 0 Å². The van der Waals surface area contributed by atoms with E-state index in [9.17, 15) is 4.39 Å². The van der Waals surface area contributed by atoms with Crippen LogP contribution in [-0.4, -0.2) is 4.98 Å². The number of hydrogen-bond donors (Lipinski definition) is 0. The van der Waals surface area contributed by atoms with E-state index in [0.717, 1.165) is 33.5 Å². The fourth-order valence-electron chi connectivity index (χ4n) is 3.07. The summed E-state index contributed by atoms with van der Waals surface area (Å²) in [6, 6.07) is 15.0. The molecule has 22 heavy (non-hydrogen) atoms. The molecule has 0 radical (unpaired) electrons. The van der Waals surface area contributed by atoms with Crippen LogP contribution in [0.5, 0.6) is 0 Å². The van der Waals surface area contributed by atoms with Crippen LogP contribution in [0.25, 0.3) is 27.2 Å². The normalized spacial score (nSPS) is 11.6. The highest BCUT2D eigenvalue weighted by Gasteiger charge is 2.23. The summed E-state index contributed by atoms with van der Waals surface area (Å²) in [5, 5.41) is 0. The Morgan fingerprint density at radius 1 is 1.00 bits per heavy atom. The van der Waals surface area contributed by atoms with E-state index < -0.39 is 5.82 Å². The van der Waals surface area contributed by atoms with Crippen LogP contribution in [0.1, 0.15) is 11.1 Å². The molecule has 0 unspecified atom stereocenters. The average molecular weight is 286 g/mol. The standard InChI is InChI=1S/C19H11FN2/c1-21-19-10-12-9-16-13(15(12)11-17(19)20)5-4-6-14(16)18-7-2-3-8-22-18/h2-8,10-11H,9H2. The minimum absolute atomic E-state index is 0.0888. The van der Waals surface area contributed by atoms with Crippen molar-refractivity contribution in [1.29, 1.82) is 0 Å². The second-order valence-corrected chi connectivity index (χ2v) is 5.30. The third kappa shape index (κ3) is 1.82. The summed E-state index contributed by atoms with van der Waals surface area (Å²) in [6.45, 7) is 7.06. The summed E-state index contributed by atoms with van der Waals surface area (Å²) < 4.78 is 13.9. The summed E-state index contributed by atoms with van der Waals surface area (Å²) in [7, 11) is 0. The van der Waals surface area contributed by atoms with Crippen molar-refractivity contribution >= 4 is 5.69 Å². The number of benzene rings is 2. The van der Waals surface area contributed by atoms with Gasteiger partial charge in [-0.15, -0.1) is 0 Å². The van der Waals surface area contributed by atoms with Crippen LogP contribution >= 0.6 is 0 Å². The van der Waals surface area contributed by atoms with Gasteiger partial charge in [0.1, 0.15) is 5.82 Å². The fraction of sp³-hybridized carbons (Fsp3) is 0.0526. The first-order chi connectivity index (χ1) is 10.8. The minimum Gasteiger partial charge on any atom is -0.256 e. The van der Waals surface area contributed by atoms with E-state index in [1.807, 2.05) is 36.4 Å². The Morgan fingerprint density at radius 3 is 2.64 bits per heavy atom. The van der Waals surface area contributed by atoms with Crippen molar-refractivity contribution in [3.8, 4) is 22.4 Å². The first kappa shape index (κ1) is 12.7. The summed E-state index contributed by atoms with van der Waals surface area (Å²) in [6.07, 6.45) is 2.48. The second kappa shape index (κ2) is 4.78. The van der Waals surface area contributed by atoms with Crippen molar-refractivity contribution < 1.29 is 4.39 Å². The van der Waals surface area contributed by atoms with Crippen LogP contribution in [0.2, 0.25) is 0 Å². The number of nitrogens with zero attached hydrogens (tertiary/aromatic N) is 2. The number of fused-ring (bicyclic) bond motifs is 3. The van der Waals surface area contributed by atoms with E-state index >= 15 is 0 Å². The smallest absolute Gasteiger partial charge is 0.222 e. The van der Waals surface area contributed by atoms with Gasteiger partial charge in [-0.25, -0.2) is 9.24 Å². The zero-order valence-corrected chi connectivity index (χ0v) is 11.7. The summed E-state index contributed by atoms with van der Waals surface area (Å²) in [4.78, 5) is 7.67. The molecule has 1 aromatic heterocycles. The van der Waals surface area contributed by atoms with Gasteiger partial charge in [-0.2, -0.15) is 0 Å². The maximum absolute atomic E-state index is 13.9. The number of aromatic nitrogens is 1. The highest BCUT2D eigenvalue weighted by molar-refractivity contribution is 5.85. The molecule has 2 nitrogen and oxygen atoms in total. The van der Waals surface area contributed by atoms with E-state index in [2.05, 4.69) is 9.83 Å². The Labute approximate surface area is 127 Å². The molecule has 3 heteroatoms. The Kier molecular flexibility index (Phi) is 2.77. The lowest BCUT2D eigenvalue weighted by molar-refractivity contribution is 0.634. The van der Waals surface area contributed by atoms with Crippen LogP contribution in [0, 0.1) is 12.4 Å². The molecule has 0 amide bonds. The van der Waals surface area contributed by atoms with Gasteiger partial charge in [0, 0.05) is 11.8 Å². The van der Waals surface area contributed by atoms with Gasteiger partial charge in [0.2, 0.25) is 5.69 Å². The van der Waals surface area contributed by atoms with Crippen LogP contribution in [0.15, 0.2) is 54.7 Å². The predicted octanol–water partition coefficient (Wildman–Crippen LogP) is 5.01. The molecule has 104 valence electrons. The Morgan fingerprint density at radius 2 is 1.86 bits per heavy atom. The quantitative estimate of drug-likeness (QED) is 0.450. The Bertz CT molecular complexity index is 924. The van der Waals surface area contributed by atoms with E-state index in [1.54, 1.807) is 12.3 Å². The molecule has 0 saturated carbocycles. The van der Waals surface area contributed by atoms with Gasteiger partial charge in [-0.1, -0.05) is 24.3 Å². The lowest BCUT2D eigenvalue weighted by Gasteiger charge is -2.07. The highest BCUT2D eigenvalue weighted by atomic mass is 19.1. The number of halogens is 1. The molecule has 1 aliphatic carbocycles. The second-order valence-electron chi connectivity index (χ2n) is 5.30. The average Bonchev–Trinajstić information content (AvgIpc) is 2.92. The van der Waals surface area contributed by atoms with Crippen molar-refractivity contribution in [3.05, 3.63) is 83.1 Å². The molecule has 3 aromatic rings. The lowest BCUT2D eigenvalue weighted by Crippen LogP contribution is -1.89. The number of pyridine rings is 1. The molecule has 0 fully saturated rings. The van der Waals surface area contributed by atoms with Gasteiger partial charge >= 0.3 is 0 Å². The van der Waals surface area contributed by atoms with Crippen molar-refractivity contribution in [2.75, 3.05) is 0 Å². The largest absolute Gasteiger partial charge is 0.256 e. The van der Waals surface area contributed by atoms with Crippen LogP contribution in [0.4, 0.5) is 10.1 Å². The molecule has 0 aliphatic heterocycles. The summed E-state index contributed by atoms with van der Waals surface area (Å²) >= 11 is 0. The first-order valence-electron chi connectivity index (χ1n) is 7.01. The maximum atomic E-state index is 13.9. The predicted molar refractivity (Wildman–Crippen MR) is 84.1 cm³/mol. The molecule has 0 bridgehead atoms. The molecular weight excluding hydrogens is 275 g/mol. The van der Waals surface area contributed by atoms with E-state index in [1.165, 1.54) is 6.07 Å². The third-order valence-corrected chi connectivity index (χ3v) is 4.07. The third-order valence-electron chi connectivity index (χ3n) is 4.07. The number of rotatable bonds is 1. The van der Waals surface area contributed by atoms with Crippen LogP contribution in [-0.2, 0) is 6.42 Å². The SMILES string of the molecule is [C-]#[N+]c1cc2c(cc1F)-c1cccc(-c3ccccn3)c1C2. The van der Waals surface area contributed by atoms with Crippen molar-refractivity contribution in [2.45, 2.75) is 6.42 Å². The van der Waals surface area contributed by atoms with Crippen molar-refractivity contribution in [2.24, 2.45) is 0 Å². The molecule has 1 heterocycles. The van der Waals surface area contributed by atoms with Gasteiger partial charge in [0.15, 0.2) is 0 Å². The summed E-state index contributed by atoms with van der Waals surface area (Å²) in [5.41, 5.74) is 6.15. The lowest BCUT2D eigenvalue weighted by atomic mass is 9.99.